The van der Waals surface area contributed by atoms with Gasteiger partial charge in [0.05, 0.1) is 11.6 Å². The number of halogens is 4. The van der Waals surface area contributed by atoms with E-state index < -0.39 is 34.9 Å². The first-order chi connectivity index (χ1) is 9.51. The van der Waals surface area contributed by atoms with Gasteiger partial charge < -0.3 is 5.32 Å². The second kappa shape index (κ2) is 5.61. The molecule has 6 heteroatoms. The van der Waals surface area contributed by atoms with E-state index in [-0.39, 0.29) is 5.69 Å². The van der Waals surface area contributed by atoms with Crippen LogP contribution >= 0.6 is 0 Å². The van der Waals surface area contributed by atoms with Gasteiger partial charge in [-0.3, -0.25) is 0 Å². The maximum Gasteiger partial charge on any atom is 0.145 e. The summed E-state index contributed by atoms with van der Waals surface area (Å²) in [6.45, 7) is 0. The summed E-state index contributed by atoms with van der Waals surface area (Å²) in [5.74, 6) is -4.01. The number of benzene rings is 2. The third-order valence-corrected chi connectivity index (χ3v) is 2.60. The molecule has 0 saturated carbocycles. The lowest BCUT2D eigenvalue weighted by Crippen LogP contribution is -2.13. The van der Waals surface area contributed by atoms with Gasteiger partial charge in [-0.1, -0.05) is 6.07 Å². The molecule has 0 unspecified atom stereocenters. The van der Waals surface area contributed by atoms with E-state index >= 15 is 0 Å². The van der Waals surface area contributed by atoms with Gasteiger partial charge in [0.1, 0.15) is 29.3 Å². The monoisotopic (exact) mass is 280 g/mol. The minimum atomic E-state index is -1.41. The lowest BCUT2D eigenvalue weighted by atomic mass is 10.1. The van der Waals surface area contributed by atoms with Crippen molar-refractivity contribution in [1.82, 2.24) is 0 Å². The fraction of sp³-hybridized carbons (Fsp3) is 0.0714. The topological polar surface area (TPSA) is 35.8 Å². The number of hydrogen-bond acceptors (Lipinski definition) is 2. The number of nitrogens with zero attached hydrogens (tertiary/aromatic N) is 1. The molecule has 0 saturated heterocycles. The van der Waals surface area contributed by atoms with Crippen molar-refractivity contribution in [1.29, 1.82) is 5.26 Å². The van der Waals surface area contributed by atoms with Gasteiger partial charge >= 0.3 is 0 Å². The number of hydrogen-bond donors (Lipinski definition) is 1. The average Bonchev–Trinajstić information content (AvgIpc) is 2.36. The van der Waals surface area contributed by atoms with Crippen LogP contribution in [0.15, 0.2) is 36.4 Å². The van der Waals surface area contributed by atoms with Gasteiger partial charge in [0.2, 0.25) is 0 Å². The Labute approximate surface area is 112 Å². The molecule has 2 nitrogen and oxygen atoms in total. The van der Waals surface area contributed by atoms with Crippen LogP contribution in [0, 0.1) is 34.6 Å². The van der Waals surface area contributed by atoms with Gasteiger partial charge in [0.15, 0.2) is 0 Å². The summed E-state index contributed by atoms with van der Waals surface area (Å²) in [4.78, 5) is 0. The second-order valence-corrected chi connectivity index (χ2v) is 4.00. The van der Waals surface area contributed by atoms with Gasteiger partial charge in [0, 0.05) is 17.8 Å². The van der Waals surface area contributed by atoms with E-state index in [0.29, 0.717) is 12.1 Å². The molecule has 0 fully saturated rings. The Kier molecular flexibility index (Phi) is 3.89. The van der Waals surface area contributed by atoms with Crippen LogP contribution in [0.3, 0.4) is 0 Å². The highest BCUT2D eigenvalue weighted by Crippen LogP contribution is 2.25. The Morgan fingerprint density at radius 3 is 2.15 bits per heavy atom. The first-order valence-electron chi connectivity index (χ1n) is 5.57. The van der Waals surface area contributed by atoms with Crippen molar-refractivity contribution in [3.63, 3.8) is 0 Å². The highest BCUT2D eigenvalue weighted by molar-refractivity contribution is 5.48. The Balaban J connectivity index is 2.37. The Bertz CT molecular complexity index is 656. The van der Waals surface area contributed by atoms with E-state index in [9.17, 15) is 17.6 Å². The van der Waals surface area contributed by atoms with Crippen molar-refractivity contribution in [2.75, 3.05) is 5.32 Å². The smallest absolute Gasteiger partial charge is 0.145 e. The number of nitriles is 1. The van der Waals surface area contributed by atoms with Gasteiger partial charge in [-0.2, -0.15) is 5.26 Å². The summed E-state index contributed by atoms with van der Waals surface area (Å²) in [6, 6.07) is 6.29. The molecular formula is C14H8F4N2. The van der Waals surface area contributed by atoms with E-state index in [4.69, 9.17) is 5.26 Å². The Morgan fingerprint density at radius 2 is 1.60 bits per heavy atom. The van der Waals surface area contributed by atoms with Crippen LogP contribution in [0.1, 0.15) is 11.6 Å². The molecule has 0 aromatic heterocycles. The number of rotatable bonds is 3. The molecule has 0 spiro atoms. The van der Waals surface area contributed by atoms with Crippen LogP contribution in [0.4, 0.5) is 23.2 Å². The van der Waals surface area contributed by atoms with Gasteiger partial charge in [-0.15, -0.1) is 0 Å². The van der Waals surface area contributed by atoms with Crippen LogP contribution in [-0.2, 0) is 0 Å². The van der Waals surface area contributed by atoms with E-state index in [1.54, 1.807) is 6.07 Å². The largest absolute Gasteiger partial charge is 0.366 e. The normalized spacial score (nSPS) is 11.8. The first kappa shape index (κ1) is 13.9. The van der Waals surface area contributed by atoms with Gasteiger partial charge in [-0.25, -0.2) is 17.6 Å². The summed E-state index contributed by atoms with van der Waals surface area (Å²) < 4.78 is 53.0. The van der Waals surface area contributed by atoms with Crippen LogP contribution in [0.25, 0.3) is 0 Å². The first-order valence-corrected chi connectivity index (χ1v) is 5.57. The standard InChI is InChI=1S/C14H8F4N2/c15-8-2-1-3-10(4-8)20-13(7-19)14-11(17)5-9(16)6-12(14)18/h1-6,13,20H/t13-/m0/s1. The van der Waals surface area contributed by atoms with Gasteiger partial charge in [-0.05, 0) is 18.2 Å². The number of nitrogens with one attached hydrogen (secondary N) is 1. The quantitative estimate of drug-likeness (QED) is 0.865. The van der Waals surface area contributed by atoms with Crippen molar-refractivity contribution in [2.24, 2.45) is 0 Å². The zero-order valence-electron chi connectivity index (χ0n) is 10.0. The van der Waals surface area contributed by atoms with Crippen molar-refractivity contribution < 1.29 is 17.6 Å². The van der Waals surface area contributed by atoms with E-state index in [0.717, 1.165) is 6.07 Å². The second-order valence-electron chi connectivity index (χ2n) is 4.00. The molecule has 0 heterocycles. The molecule has 2 aromatic carbocycles. The van der Waals surface area contributed by atoms with E-state index in [2.05, 4.69) is 5.32 Å². The Morgan fingerprint density at radius 1 is 0.950 bits per heavy atom. The van der Waals surface area contributed by atoms with Crippen LogP contribution < -0.4 is 5.32 Å². The summed E-state index contributed by atoms with van der Waals surface area (Å²) in [6.07, 6.45) is 0. The summed E-state index contributed by atoms with van der Waals surface area (Å²) in [5.41, 5.74) is -0.433. The number of anilines is 1. The maximum absolute atomic E-state index is 13.6. The predicted octanol–water partition coefficient (Wildman–Crippen LogP) is 3.92. The fourth-order valence-corrected chi connectivity index (χ4v) is 1.74. The molecule has 0 aliphatic heterocycles. The third-order valence-electron chi connectivity index (χ3n) is 2.60. The van der Waals surface area contributed by atoms with Crippen LogP contribution in [-0.4, -0.2) is 0 Å². The van der Waals surface area contributed by atoms with Crippen molar-refractivity contribution in [3.8, 4) is 6.07 Å². The fourth-order valence-electron chi connectivity index (χ4n) is 1.74. The molecule has 20 heavy (non-hydrogen) atoms. The zero-order chi connectivity index (χ0) is 14.7. The lowest BCUT2D eigenvalue weighted by Gasteiger charge is -2.15. The van der Waals surface area contributed by atoms with Gasteiger partial charge in [0.25, 0.3) is 0 Å². The molecule has 102 valence electrons. The molecule has 0 bridgehead atoms. The molecular weight excluding hydrogens is 272 g/mol. The molecule has 2 aromatic rings. The lowest BCUT2D eigenvalue weighted by molar-refractivity contribution is 0.521. The molecule has 1 N–H and O–H groups in total. The third kappa shape index (κ3) is 2.88. The van der Waals surface area contributed by atoms with Crippen LogP contribution in [0.5, 0.6) is 0 Å². The molecule has 0 aliphatic carbocycles. The van der Waals surface area contributed by atoms with E-state index in [1.807, 2.05) is 0 Å². The molecule has 0 radical (unpaired) electrons. The van der Waals surface area contributed by atoms with Crippen molar-refractivity contribution >= 4 is 5.69 Å². The van der Waals surface area contributed by atoms with Crippen molar-refractivity contribution in [3.05, 3.63) is 65.2 Å². The summed E-state index contributed by atoms with van der Waals surface area (Å²) in [7, 11) is 0. The minimum absolute atomic E-state index is 0.180. The Hall–Kier alpha value is -2.55. The molecule has 0 amide bonds. The SMILES string of the molecule is N#C[C@H](Nc1cccc(F)c1)c1c(F)cc(F)cc1F. The van der Waals surface area contributed by atoms with Crippen molar-refractivity contribution in [2.45, 2.75) is 6.04 Å². The highest BCUT2D eigenvalue weighted by atomic mass is 19.1. The van der Waals surface area contributed by atoms with E-state index in [1.165, 1.54) is 18.2 Å². The highest BCUT2D eigenvalue weighted by Gasteiger charge is 2.21. The minimum Gasteiger partial charge on any atom is -0.366 e. The molecule has 0 aliphatic rings. The zero-order valence-corrected chi connectivity index (χ0v) is 10.0. The maximum atomic E-state index is 13.6. The summed E-state index contributed by atoms with van der Waals surface area (Å²) in [5, 5.41) is 11.5. The molecule has 2 rings (SSSR count). The average molecular weight is 280 g/mol. The molecule has 1 atom stereocenters. The summed E-state index contributed by atoms with van der Waals surface area (Å²) >= 11 is 0. The predicted molar refractivity (Wildman–Crippen MR) is 64.7 cm³/mol. The van der Waals surface area contributed by atoms with Crippen LogP contribution in [0.2, 0.25) is 0 Å².